The van der Waals surface area contributed by atoms with Crippen molar-refractivity contribution < 1.29 is 27.5 Å². The average Bonchev–Trinajstić information content (AvgIpc) is 3.06. The molecule has 0 fully saturated rings. The van der Waals surface area contributed by atoms with Crippen LogP contribution in [0.2, 0.25) is 10.0 Å². The zero-order chi connectivity index (χ0) is 34.1. The van der Waals surface area contributed by atoms with Gasteiger partial charge in [-0.1, -0.05) is 71.7 Å². The molecule has 0 bridgehead atoms. The van der Waals surface area contributed by atoms with Gasteiger partial charge < -0.3 is 19.7 Å². The number of amides is 2. The number of para-hydroxylation sites is 2. The van der Waals surface area contributed by atoms with Gasteiger partial charge in [-0.15, -0.1) is 0 Å². The Morgan fingerprint density at radius 3 is 2.02 bits per heavy atom. The van der Waals surface area contributed by atoms with Crippen LogP contribution >= 0.6 is 23.2 Å². The van der Waals surface area contributed by atoms with E-state index in [2.05, 4.69) is 5.32 Å². The molecule has 0 heterocycles. The fraction of sp³-hybridized carbons (Fsp3) is 0.257. The molecule has 248 valence electrons. The van der Waals surface area contributed by atoms with Gasteiger partial charge in [0.2, 0.25) is 11.8 Å². The zero-order valence-electron chi connectivity index (χ0n) is 26.5. The lowest BCUT2D eigenvalue weighted by molar-refractivity contribution is -0.140. The Morgan fingerprint density at radius 2 is 1.43 bits per heavy atom. The fourth-order valence-corrected chi connectivity index (χ4v) is 6.95. The minimum Gasteiger partial charge on any atom is -0.497 e. The third-order valence-corrected chi connectivity index (χ3v) is 9.85. The molecule has 0 saturated heterocycles. The number of halogens is 2. The predicted molar refractivity (Wildman–Crippen MR) is 185 cm³/mol. The van der Waals surface area contributed by atoms with Gasteiger partial charge in [0.15, 0.2) is 0 Å². The number of nitrogens with zero attached hydrogens (tertiary/aromatic N) is 2. The Hall–Kier alpha value is -4.25. The second-order valence-electron chi connectivity index (χ2n) is 10.9. The molecule has 1 N–H and O–H groups in total. The minimum absolute atomic E-state index is 0.0731. The summed E-state index contributed by atoms with van der Waals surface area (Å²) in [6.07, 6.45) is 0.146. The summed E-state index contributed by atoms with van der Waals surface area (Å²) in [5, 5.41) is 3.51. The van der Waals surface area contributed by atoms with Crippen molar-refractivity contribution >= 4 is 50.7 Å². The van der Waals surface area contributed by atoms with E-state index in [0.29, 0.717) is 21.4 Å². The molecular formula is C35H37Cl2N3O6S. The van der Waals surface area contributed by atoms with Crippen LogP contribution in [-0.2, 0) is 32.6 Å². The molecule has 0 radical (unpaired) electrons. The molecule has 0 saturated carbocycles. The highest BCUT2D eigenvalue weighted by Gasteiger charge is 2.36. The van der Waals surface area contributed by atoms with Gasteiger partial charge >= 0.3 is 0 Å². The second kappa shape index (κ2) is 16.0. The molecule has 9 nitrogen and oxygen atoms in total. The first-order valence-corrected chi connectivity index (χ1v) is 17.0. The van der Waals surface area contributed by atoms with Crippen LogP contribution in [0.3, 0.4) is 0 Å². The molecule has 47 heavy (non-hydrogen) atoms. The monoisotopic (exact) mass is 697 g/mol. The third kappa shape index (κ3) is 8.77. The van der Waals surface area contributed by atoms with Crippen LogP contribution in [0.1, 0.15) is 25.0 Å². The lowest BCUT2D eigenvalue weighted by Crippen LogP contribution is -2.54. The molecule has 12 heteroatoms. The van der Waals surface area contributed by atoms with Gasteiger partial charge in [0.05, 0.1) is 24.8 Å². The number of methoxy groups -OCH3 is 2. The summed E-state index contributed by atoms with van der Waals surface area (Å²) in [6.45, 7) is 2.80. The van der Waals surface area contributed by atoms with Gasteiger partial charge in [-0.3, -0.25) is 13.9 Å². The maximum atomic E-state index is 14.6. The van der Waals surface area contributed by atoms with Crippen molar-refractivity contribution in [3.8, 4) is 11.5 Å². The number of nitrogens with one attached hydrogen (secondary N) is 1. The van der Waals surface area contributed by atoms with Gasteiger partial charge in [-0.25, -0.2) is 8.42 Å². The number of ether oxygens (including phenoxy) is 2. The molecular weight excluding hydrogens is 661 g/mol. The maximum absolute atomic E-state index is 14.6. The molecule has 1 atom stereocenters. The van der Waals surface area contributed by atoms with Crippen molar-refractivity contribution in [1.82, 2.24) is 10.2 Å². The van der Waals surface area contributed by atoms with Crippen LogP contribution in [0.15, 0.2) is 102 Å². The average molecular weight is 699 g/mol. The number of rotatable bonds is 14. The highest BCUT2D eigenvalue weighted by molar-refractivity contribution is 7.92. The number of anilines is 1. The first kappa shape index (κ1) is 35.6. The predicted octanol–water partition coefficient (Wildman–Crippen LogP) is 6.37. The van der Waals surface area contributed by atoms with E-state index in [9.17, 15) is 18.0 Å². The highest BCUT2D eigenvalue weighted by Crippen LogP contribution is 2.34. The van der Waals surface area contributed by atoms with Gasteiger partial charge in [-0.2, -0.15) is 0 Å². The van der Waals surface area contributed by atoms with Gasteiger partial charge in [0.1, 0.15) is 24.1 Å². The maximum Gasteiger partial charge on any atom is 0.264 e. The van der Waals surface area contributed by atoms with Crippen LogP contribution in [0.5, 0.6) is 11.5 Å². The Labute approximate surface area is 286 Å². The van der Waals surface area contributed by atoms with Crippen LogP contribution < -0.4 is 19.1 Å². The van der Waals surface area contributed by atoms with Crippen molar-refractivity contribution in [3.05, 3.63) is 118 Å². The first-order valence-electron chi connectivity index (χ1n) is 14.8. The van der Waals surface area contributed by atoms with Crippen LogP contribution in [0.25, 0.3) is 0 Å². The molecule has 0 aliphatic carbocycles. The fourth-order valence-electron chi connectivity index (χ4n) is 5.01. The van der Waals surface area contributed by atoms with E-state index >= 15 is 0 Å². The van der Waals surface area contributed by atoms with E-state index in [0.717, 1.165) is 9.87 Å². The minimum atomic E-state index is -4.36. The van der Waals surface area contributed by atoms with E-state index < -0.39 is 34.4 Å². The van der Waals surface area contributed by atoms with E-state index in [1.54, 1.807) is 42.5 Å². The van der Waals surface area contributed by atoms with Crippen LogP contribution in [0.4, 0.5) is 5.69 Å². The van der Waals surface area contributed by atoms with Gasteiger partial charge in [-0.05, 0) is 67.9 Å². The summed E-state index contributed by atoms with van der Waals surface area (Å²) in [6, 6.07) is 25.3. The van der Waals surface area contributed by atoms with Crippen molar-refractivity contribution in [2.24, 2.45) is 0 Å². The van der Waals surface area contributed by atoms with Crippen molar-refractivity contribution in [3.63, 3.8) is 0 Å². The third-order valence-electron chi connectivity index (χ3n) is 7.37. The molecule has 4 aromatic carbocycles. The topological polar surface area (TPSA) is 105 Å². The molecule has 4 aromatic rings. The Balaban J connectivity index is 1.86. The number of sulfonamides is 1. The standard InChI is InChI=1S/C35H37Cl2N3O6S/c1-24(2)38-35(42)32(21-25-11-6-5-7-12-25)39(22-28-29(36)13-10-14-30(28)37)34(41)23-40(31-15-8-9-16-33(31)46-4)47(43,44)27-19-17-26(45-3)18-20-27/h5-20,24,32H,21-23H2,1-4H3,(H,38,42)/t32-/m1/s1. The normalized spacial score (nSPS) is 11.9. The number of hydrogen-bond donors (Lipinski definition) is 1. The van der Waals surface area contributed by atoms with E-state index in [1.807, 2.05) is 44.2 Å². The lowest BCUT2D eigenvalue weighted by Gasteiger charge is -2.34. The number of carbonyl (C=O) groups is 2. The second-order valence-corrected chi connectivity index (χ2v) is 13.6. The lowest BCUT2D eigenvalue weighted by atomic mass is 10.0. The Kier molecular flexibility index (Phi) is 12.1. The SMILES string of the molecule is COc1ccc(S(=O)(=O)N(CC(=O)N(Cc2c(Cl)cccc2Cl)[C@H](Cc2ccccc2)C(=O)NC(C)C)c2ccccc2OC)cc1. The number of benzene rings is 4. The zero-order valence-corrected chi connectivity index (χ0v) is 28.9. The molecule has 0 aromatic heterocycles. The summed E-state index contributed by atoms with van der Waals surface area (Å²) in [4.78, 5) is 29.8. The molecule has 2 amide bonds. The largest absolute Gasteiger partial charge is 0.497 e. The van der Waals surface area contributed by atoms with Crippen molar-refractivity contribution in [2.45, 2.75) is 43.8 Å². The summed E-state index contributed by atoms with van der Waals surface area (Å²) in [5.74, 6) is -0.380. The van der Waals surface area contributed by atoms with E-state index in [-0.39, 0.29) is 35.3 Å². The van der Waals surface area contributed by atoms with Gasteiger partial charge in [0.25, 0.3) is 10.0 Å². The molecule has 0 unspecified atom stereocenters. The molecule has 4 rings (SSSR count). The summed E-state index contributed by atoms with van der Waals surface area (Å²) < 4.78 is 40.3. The summed E-state index contributed by atoms with van der Waals surface area (Å²) in [7, 11) is -1.47. The summed E-state index contributed by atoms with van der Waals surface area (Å²) in [5.41, 5.74) is 1.36. The first-order chi connectivity index (χ1) is 22.5. The number of carbonyl (C=O) groups excluding carboxylic acids is 2. The highest BCUT2D eigenvalue weighted by atomic mass is 35.5. The van der Waals surface area contributed by atoms with Gasteiger partial charge in [0, 0.05) is 34.6 Å². The van der Waals surface area contributed by atoms with E-state index in [4.69, 9.17) is 32.7 Å². The quantitative estimate of drug-likeness (QED) is 0.164. The van der Waals surface area contributed by atoms with Crippen molar-refractivity contribution in [1.29, 1.82) is 0 Å². The van der Waals surface area contributed by atoms with E-state index in [1.165, 1.54) is 43.4 Å². The molecule has 0 spiro atoms. The Bertz CT molecular complexity index is 1770. The Morgan fingerprint density at radius 1 is 0.809 bits per heavy atom. The number of hydrogen-bond acceptors (Lipinski definition) is 6. The molecule has 0 aliphatic heterocycles. The van der Waals surface area contributed by atoms with Crippen molar-refractivity contribution in [2.75, 3.05) is 25.1 Å². The summed E-state index contributed by atoms with van der Waals surface area (Å²) >= 11 is 13.1. The smallest absolute Gasteiger partial charge is 0.264 e. The van der Waals surface area contributed by atoms with Crippen LogP contribution in [-0.4, -0.2) is 58.0 Å². The van der Waals surface area contributed by atoms with Crippen LogP contribution in [0, 0.1) is 0 Å². The molecule has 0 aliphatic rings.